The molecule has 0 radical (unpaired) electrons. The molecule has 2 aromatic carbocycles. The van der Waals surface area contributed by atoms with Gasteiger partial charge < -0.3 is 10.3 Å². The van der Waals surface area contributed by atoms with Crippen molar-refractivity contribution in [1.82, 2.24) is 4.98 Å². The van der Waals surface area contributed by atoms with E-state index in [2.05, 4.69) is 10.3 Å². The van der Waals surface area contributed by atoms with Gasteiger partial charge in [-0.05, 0) is 67.1 Å². The van der Waals surface area contributed by atoms with Crippen molar-refractivity contribution in [3.05, 3.63) is 75.3 Å². The van der Waals surface area contributed by atoms with E-state index in [4.69, 9.17) is 0 Å². The Morgan fingerprint density at radius 3 is 2.56 bits per heavy atom. The highest BCUT2D eigenvalue weighted by molar-refractivity contribution is 5.91. The number of halogens is 1. The van der Waals surface area contributed by atoms with Gasteiger partial charge in [-0.25, -0.2) is 4.39 Å². The van der Waals surface area contributed by atoms with E-state index in [0.717, 1.165) is 22.0 Å². The highest BCUT2D eigenvalue weighted by atomic mass is 19.1. The zero-order valence-electron chi connectivity index (χ0n) is 14.2. The number of carbonyl (C=O) groups is 1. The van der Waals surface area contributed by atoms with Crippen LogP contribution in [0, 0.1) is 19.7 Å². The third kappa shape index (κ3) is 3.76. The maximum atomic E-state index is 12.9. The summed E-state index contributed by atoms with van der Waals surface area (Å²) in [6.07, 6.45) is 0.516. The number of aromatic amines is 1. The topological polar surface area (TPSA) is 62.0 Å². The highest BCUT2D eigenvalue weighted by Crippen LogP contribution is 2.19. The first-order chi connectivity index (χ1) is 11.9. The lowest BCUT2D eigenvalue weighted by atomic mass is 10.0. The van der Waals surface area contributed by atoms with Gasteiger partial charge in [0, 0.05) is 17.7 Å². The van der Waals surface area contributed by atoms with Gasteiger partial charge in [-0.3, -0.25) is 9.59 Å². The molecule has 0 spiro atoms. The first kappa shape index (κ1) is 16.9. The molecule has 0 atom stereocenters. The van der Waals surface area contributed by atoms with Crippen molar-refractivity contribution >= 4 is 22.5 Å². The number of fused-ring (bicyclic) bond motifs is 1. The molecule has 0 aliphatic rings. The normalized spacial score (nSPS) is 10.8. The average Bonchev–Trinajstić information content (AvgIpc) is 2.59. The van der Waals surface area contributed by atoms with E-state index in [1.54, 1.807) is 0 Å². The van der Waals surface area contributed by atoms with Gasteiger partial charge in [-0.15, -0.1) is 0 Å². The van der Waals surface area contributed by atoms with Gasteiger partial charge >= 0.3 is 0 Å². The molecule has 0 bridgehead atoms. The van der Waals surface area contributed by atoms with Crippen LogP contribution in [0.5, 0.6) is 0 Å². The van der Waals surface area contributed by atoms with Crippen molar-refractivity contribution in [1.29, 1.82) is 0 Å². The summed E-state index contributed by atoms with van der Waals surface area (Å²) in [7, 11) is 0. The first-order valence-corrected chi connectivity index (χ1v) is 8.11. The minimum Gasteiger partial charge on any atom is -0.326 e. The maximum absolute atomic E-state index is 12.9. The number of aryl methyl sites for hydroxylation is 3. The summed E-state index contributed by atoms with van der Waals surface area (Å²) in [4.78, 5) is 27.2. The number of hydrogen-bond acceptors (Lipinski definition) is 2. The van der Waals surface area contributed by atoms with E-state index >= 15 is 0 Å². The molecule has 1 aromatic heterocycles. The lowest BCUT2D eigenvalue weighted by molar-refractivity contribution is -0.116. The molecule has 5 heteroatoms. The van der Waals surface area contributed by atoms with Gasteiger partial charge in [0.2, 0.25) is 5.91 Å². The highest BCUT2D eigenvalue weighted by Gasteiger charge is 2.09. The summed E-state index contributed by atoms with van der Waals surface area (Å²) in [6.45, 7) is 3.98. The smallest absolute Gasteiger partial charge is 0.251 e. The van der Waals surface area contributed by atoms with Crippen LogP contribution in [0.1, 0.15) is 23.1 Å². The Hall–Kier alpha value is -2.95. The van der Waals surface area contributed by atoms with Crippen molar-refractivity contribution in [2.45, 2.75) is 26.7 Å². The Kier molecular flexibility index (Phi) is 4.65. The molecule has 0 saturated heterocycles. The van der Waals surface area contributed by atoms with Crippen molar-refractivity contribution in [2.24, 2.45) is 0 Å². The van der Waals surface area contributed by atoms with Gasteiger partial charge in [0.25, 0.3) is 5.56 Å². The van der Waals surface area contributed by atoms with Crippen LogP contribution in [-0.4, -0.2) is 10.9 Å². The molecule has 4 nitrogen and oxygen atoms in total. The predicted molar refractivity (Wildman–Crippen MR) is 97.4 cm³/mol. The second kappa shape index (κ2) is 6.89. The van der Waals surface area contributed by atoms with Crippen LogP contribution in [0.2, 0.25) is 0 Å². The molecular formula is C20H19FN2O2. The molecule has 3 rings (SSSR count). The fourth-order valence-corrected chi connectivity index (χ4v) is 2.76. The third-order valence-corrected chi connectivity index (χ3v) is 4.38. The largest absolute Gasteiger partial charge is 0.326 e. The zero-order chi connectivity index (χ0) is 18.0. The van der Waals surface area contributed by atoms with Gasteiger partial charge in [0.05, 0.1) is 5.52 Å². The van der Waals surface area contributed by atoms with E-state index in [1.165, 1.54) is 24.3 Å². The van der Waals surface area contributed by atoms with Gasteiger partial charge in [-0.1, -0.05) is 12.1 Å². The number of amides is 1. The maximum Gasteiger partial charge on any atom is 0.251 e. The minimum atomic E-state index is -0.355. The second-order valence-electron chi connectivity index (χ2n) is 6.15. The van der Waals surface area contributed by atoms with Crippen LogP contribution in [0.4, 0.5) is 10.1 Å². The lowest BCUT2D eigenvalue weighted by Gasteiger charge is -2.08. The summed E-state index contributed by atoms with van der Waals surface area (Å²) >= 11 is 0. The molecular weight excluding hydrogens is 319 g/mol. The van der Waals surface area contributed by atoms with E-state index < -0.39 is 0 Å². The number of benzene rings is 2. The van der Waals surface area contributed by atoms with Crippen LogP contribution in [0.25, 0.3) is 10.9 Å². The molecule has 128 valence electrons. The molecule has 25 heavy (non-hydrogen) atoms. The monoisotopic (exact) mass is 338 g/mol. The zero-order valence-corrected chi connectivity index (χ0v) is 14.2. The minimum absolute atomic E-state index is 0.171. The van der Waals surface area contributed by atoms with Crippen LogP contribution in [-0.2, 0) is 11.2 Å². The Morgan fingerprint density at radius 1 is 1.12 bits per heavy atom. The first-order valence-electron chi connectivity index (χ1n) is 8.11. The van der Waals surface area contributed by atoms with E-state index in [1.807, 2.05) is 32.0 Å². The summed E-state index contributed by atoms with van der Waals surface area (Å²) in [5.74, 6) is -0.572. The summed E-state index contributed by atoms with van der Waals surface area (Å²) in [5, 5.41) is 3.65. The second-order valence-corrected chi connectivity index (χ2v) is 6.15. The van der Waals surface area contributed by atoms with E-state index in [9.17, 15) is 14.0 Å². The number of anilines is 1. The molecule has 0 aliphatic carbocycles. The predicted octanol–water partition coefficient (Wildman–Crippen LogP) is 3.86. The van der Waals surface area contributed by atoms with Crippen molar-refractivity contribution in [2.75, 3.05) is 5.32 Å². The van der Waals surface area contributed by atoms with Crippen LogP contribution >= 0.6 is 0 Å². The van der Waals surface area contributed by atoms with Crippen LogP contribution in [0.3, 0.4) is 0 Å². The number of rotatable bonds is 4. The fraction of sp³-hybridized carbons (Fsp3) is 0.200. The van der Waals surface area contributed by atoms with Crippen LogP contribution < -0.4 is 10.9 Å². The molecule has 1 amide bonds. The van der Waals surface area contributed by atoms with Crippen LogP contribution in [0.15, 0.2) is 47.3 Å². The number of nitrogens with one attached hydrogen (secondary N) is 2. The Labute approximate surface area is 144 Å². The van der Waals surface area contributed by atoms with Gasteiger partial charge in [0.1, 0.15) is 5.82 Å². The fourth-order valence-electron chi connectivity index (χ4n) is 2.76. The standard InChI is InChI=1S/C20H19FN2O2/c1-12-3-4-14-11-15(20(25)23-19(14)13(12)2)5-10-18(24)22-17-8-6-16(21)7-9-17/h3-4,6-9,11H,5,10H2,1-2H3,(H,22,24)(H,23,25). The number of aromatic nitrogens is 1. The number of pyridine rings is 1. The van der Waals surface area contributed by atoms with Crippen molar-refractivity contribution in [3.63, 3.8) is 0 Å². The lowest BCUT2D eigenvalue weighted by Crippen LogP contribution is -2.17. The van der Waals surface area contributed by atoms with Gasteiger partial charge in [-0.2, -0.15) is 0 Å². The van der Waals surface area contributed by atoms with Crippen molar-refractivity contribution < 1.29 is 9.18 Å². The van der Waals surface area contributed by atoms with E-state index in [0.29, 0.717) is 17.7 Å². The Bertz CT molecular complexity index is 991. The Morgan fingerprint density at radius 2 is 1.84 bits per heavy atom. The van der Waals surface area contributed by atoms with E-state index in [-0.39, 0.29) is 23.7 Å². The molecule has 2 N–H and O–H groups in total. The number of H-pyrrole nitrogens is 1. The van der Waals surface area contributed by atoms with Crippen molar-refractivity contribution in [3.8, 4) is 0 Å². The molecule has 1 heterocycles. The number of carbonyl (C=O) groups excluding carboxylic acids is 1. The summed E-state index contributed by atoms with van der Waals surface area (Å²) in [6, 6.07) is 11.4. The summed E-state index contributed by atoms with van der Waals surface area (Å²) in [5.41, 5.74) is 3.94. The molecule has 0 saturated carbocycles. The molecule has 0 unspecified atom stereocenters. The quantitative estimate of drug-likeness (QED) is 0.759. The third-order valence-electron chi connectivity index (χ3n) is 4.38. The Balaban J connectivity index is 1.73. The SMILES string of the molecule is Cc1ccc2cc(CCC(=O)Nc3ccc(F)cc3)c(=O)[nH]c2c1C. The average molecular weight is 338 g/mol. The molecule has 3 aromatic rings. The molecule has 0 aliphatic heterocycles. The number of hydrogen-bond donors (Lipinski definition) is 2. The van der Waals surface area contributed by atoms with Gasteiger partial charge in [0.15, 0.2) is 0 Å². The molecule has 0 fully saturated rings. The summed E-state index contributed by atoms with van der Waals surface area (Å²) < 4.78 is 12.9.